The molecule has 0 bridgehead atoms. The van der Waals surface area contributed by atoms with Crippen molar-refractivity contribution in [1.82, 2.24) is 4.90 Å². The van der Waals surface area contributed by atoms with Crippen LogP contribution in [-0.4, -0.2) is 51.9 Å². The molecule has 2 aromatic carbocycles. The molecule has 2 heterocycles. The summed E-state index contributed by atoms with van der Waals surface area (Å²) in [5, 5.41) is 0. The van der Waals surface area contributed by atoms with E-state index in [-0.39, 0.29) is 24.8 Å². The Morgan fingerprint density at radius 2 is 1.50 bits per heavy atom. The second kappa shape index (κ2) is 10.1. The van der Waals surface area contributed by atoms with Gasteiger partial charge in [0.25, 0.3) is 0 Å². The van der Waals surface area contributed by atoms with Gasteiger partial charge in [-0.05, 0) is 42.5 Å². The summed E-state index contributed by atoms with van der Waals surface area (Å²) in [7, 11) is 3.42. The SMILES string of the molecule is COc1ccc(N2CCN(C3CCOc4ccc(OC)cc43)CC2)cc1.Cl.Cl. The van der Waals surface area contributed by atoms with Crippen molar-refractivity contribution in [2.24, 2.45) is 0 Å². The molecular weight excluding hydrogens is 399 g/mol. The van der Waals surface area contributed by atoms with E-state index in [1.165, 1.54) is 11.3 Å². The number of ether oxygens (including phenoxy) is 3. The quantitative estimate of drug-likeness (QED) is 0.731. The van der Waals surface area contributed by atoms with Crippen LogP contribution in [0.2, 0.25) is 0 Å². The van der Waals surface area contributed by atoms with Crippen LogP contribution in [0.25, 0.3) is 0 Å². The summed E-state index contributed by atoms with van der Waals surface area (Å²) in [5.41, 5.74) is 2.52. The van der Waals surface area contributed by atoms with Crippen LogP contribution < -0.4 is 19.1 Å². The summed E-state index contributed by atoms with van der Waals surface area (Å²) in [6, 6.07) is 14.9. The van der Waals surface area contributed by atoms with Crippen molar-refractivity contribution >= 4 is 30.5 Å². The van der Waals surface area contributed by atoms with Crippen LogP contribution in [-0.2, 0) is 0 Å². The lowest BCUT2D eigenvalue weighted by molar-refractivity contribution is 0.133. The van der Waals surface area contributed by atoms with Gasteiger partial charge in [-0.25, -0.2) is 0 Å². The molecule has 1 atom stereocenters. The fraction of sp³-hybridized carbons (Fsp3) is 0.429. The van der Waals surface area contributed by atoms with Gasteiger partial charge >= 0.3 is 0 Å². The zero-order chi connectivity index (χ0) is 17.9. The van der Waals surface area contributed by atoms with Crippen molar-refractivity contribution in [3.63, 3.8) is 0 Å². The number of hydrogen-bond acceptors (Lipinski definition) is 5. The van der Waals surface area contributed by atoms with Crippen LogP contribution in [0.3, 0.4) is 0 Å². The molecule has 2 aliphatic heterocycles. The van der Waals surface area contributed by atoms with Gasteiger partial charge in [-0.3, -0.25) is 4.90 Å². The summed E-state index contributed by atoms with van der Waals surface area (Å²) in [4.78, 5) is 5.03. The number of hydrogen-bond donors (Lipinski definition) is 0. The van der Waals surface area contributed by atoms with Crippen LogP contribution in [0.4, 0.5) is 5.69 Å². The van der Waals surface area contributed by atoms with E-state index in [2.05, 4.69) is 28.0 Å². The standard InChI is InChI=1S/C21H26N2O3.2ClH/c1-24-17-5-3-16(4-6-17)22-10-12-23(13-11-22)20-9-14-26-21-8-7-18(25-2)15-19(20)21;;/h3-8,15,20H,9-14H2,1-2H3;2*1H. The number of fused-ring (bicyclic) bond motifs is 1. The Bertz CT molecular complexity index is 750. The third kappa shape index (κ3) is 4.59. The van der Waals surface area contributed by atoms with Crippen molar-refractivity contribution < 1.29 is 14.2 Å². The van der Waals surface area contributed by atoms with Gasteiger partial charge in [0.05, 0.1) is 20.8 Å². The summed E-state index contributed by atoms with van der Waals surface area (Å²) in [6.07, 6.45) is 1.03. The first-order chi connectivity index (χ1) is 12.8. The molecule has 154 valence electrons. The highest BCUT2D eigenvalue weighted by Crippen LogP contribution is 2.38. The minimum absolute atomic E-state index is 0. The zero-order valence-corrected chi connectivity index (χ0v) is 17.9. The highest BCUT2D eigenvalue weighted by atomic mass is 35.5. The van der Waals surface area contributed by atoms with E-state index in [1.54, 1.807) is 14.2 Å². The molecule has 1 saturated heterocycles. The van der Waals surface area contributed by atoms with Crippen molar-refractivity contribution in [2.45, 2.75) is 12.5 Å². The number of methoxy groups -OCH3 is 2. The first kappa shape index (κ1) is 22.5. The third-order valence-corrected chi connectivity index (χ3v) is 5.42. The van der Waals surface area contributed by atoms with Crippen molar-refractivity contribution in [3.8, 4) is 17.2 Å². The largest absolute Gasteiger partial charge is 0.497 e. The van der Waals surface area contributed by atoms with E-state index in [0.717, 1.165) is 56.5 Å². The normalized spacial score (nSPS) is 18.8. The van der Waals surface area contributed by atoms with Gasteiger partial charge in [0, 0.05) is 49.9 Å². The third-order valence-electron chi connectivity index (χ3n) is 5.42. The average molecular weight is 427 g/mol. The van der Waals surface area contributed by atoms with E-state index >= 15 is 0 Å². The minimum atomic E-state index is 0. The lowest BCUT2D eigenvalue weighted by Gasteiger charge is -2.42. The van der Waals surface area contributed by atoms with E-state index in [0.29, 0.717) is 6.04 Å². The Morgan fingerprint density at radius 1 is 0.857 bits per heavy atom. The van der Waals surface area contributed by atoms with Gasteiger partial charge in [0.1, 0.15) is 17.2 Å². The summed E-state index contributed by atoms with van der Waals surface area (Å²) in [6.45, 7) is 4.94. The molecule has 7 heteroatoms. The second-order valence-corrected chi connectivity index (χ2v) is 6.78. The van der Waals surface area contributed by atoms with E-state index in [9.17, 15) is 0 Å². The average Bonchev–Trinajstić information content (AvgIpc) is 2.73. The summed E-state index contributed by atoms with van der Waals surface area (Å²) in [5.74, 6) is 2.80. The summed E-state index contributed by atoms with van der Waals surface area (Å²) >= 11 is 0. The maximum Gasteiger partial charge on any atom is 0.124 e. The molecule has 1 unspecified atom stereocenters. The van der Waals surface area contributed by atoms with Gasteiger partial charge in [-0.15, -0.1) is 24.8 Å². The molecule has 0 saturated carbocycles. The van der Waals surface area contributed by atoms with Gasteiger partial charge in [-0.1, -0.05) is 0 Å². The number of benzene rings is 2. The van der Waals surface area contributed by atoms with E-state index < -0.39 is 0 Å². The number of anilines is 1. The van der Waals surface area contributed by atoms with Crippen LogP contribution in [0.15, 0.2) is 42.5 Å². The maximum atomic E-state index is 5.85. The van der Waals surface area contributed by atoms with Crippen LogP contribution >= 0.6 is 24.8 Å². The molecule has 5 nitrogen and oxygen atoms in total. The van der Waals surface area contributed by atoms with Crippen molar-refractivity contribution in [1.29, 1.82) is 0 Å². The van der Waals surface area contributed by atoms with Crippen molar-refractivity contribution in [3.05, 3.63) is 48.0 Å². The number of halogens is 2. The van der Waals surface area contributed by atoms with Crippen LogP contribution in [0.1, 0.15) is 18.0 Å². The van der Waals surface area contributed by atoms with Gasteiger partial charge in [-0.2, -0.15) is 0 Å². The fourth-order valence-corrected chi connectivity index (χ4v) is 3.95. The highest BCUT2D eigenvalue weighted by Gasteiger charge is 2.30. The highest BCUT2D eigenvalue weighted by molar-refractivity contribution is 5.85. The number of rotatable bonds is 4. The molecule has 0 spiro atoms. The van der Waals surface area contributed by atoms with Gasteiger partial charge in [0.15, 0.2) is 0 Å². The molecule has 1 fully saturated rings. The lowest BCUT2D eigenvalue weighted by atomic mass is 9.98. The fourth-order valence-electron chi connectivity index (χ4n) is 3.95. The van der Waals surface area contributed by atoms with E-state index in [1.807, 2.05) is 24.3 Å². The van der Waals surface area contributed by atoms with E-state index in [4.69, 9.17) is 14.2 Å². The molecule has 0 radical (unpaired) electrons. The molecule has 28 heavy (non-hydrogen) atoms. The molecule has 0 N–H and O–H groups in total. The Hall–Kier alpha value is -1.82. The molecule has 4 rings (SSSR count). The Balaban J connectivity index is 0.00000140. The number of piperazine rings is 1. The molecule has 2 aromatic rings. The zero-order valence-electron chi connectivity index (χ0n) is 16.3. The smallest absolute Gasteiger partial charge is 0.124 e. The Labute approximate surface area is 179 Å². The number of nitrogens with zero attached hydrogens (tertiary/aromatic N) is 2. The van der Waals surface area contributed by atoms with Gasteiger partial charge in [0.2, 0.25) is 0 Å². The Kier molecular flexibility index (Phi) is 8.10. The van der Waals surface area contributed by atoms with Crippen molar-refractivity contribution in [2.75, 3.05) is 51.9 Å². The predicted molar refractivity (Wildman–Crippen MR) is 117 cm³/mol. The van der Waals surface area contributed by atoms with Crippen LogP contribution in [0.5, 0.6) is 17.2 Å². The second-order valence-electron chi connectivity index (χ2n) is 6.78. The molecular formula is C21H28Cl2N2O3. The maximum absolute atomic E-state index is 5.85. The van der Waals surface area contributed by atoms with Gasteiger partial charge < -0.3 is 19.1 Å². The van der Waals surface area contributed by atoms with Crippen LogP contribution in [0, 0.1) is 0 Å². The monoisotopic (exact) mass is 426 g/mol. The minimum Gasteiger partial charge on any atom is -0.497 e. The predicted octanol–water partition coefficient (Wildman–Crippen LogP) is 4.19. The first-order valence-electron chi connectivity index (χ1n) is 9.22. The first-order valence-corrected chi connectivity index (χ1v) is 9.22. The molecule has 2 aliphatic rings. The summed E-state index contributed by atoms with van der Waals surface area (Å²) < 4.78 is 16.5. The topological polar surface area (TPSA) is 34.2 Å². The molecule has 0 amide bonds. The molecule has 0 aromatic heterocycles. The Morgan fingerprint density at radius 3 is 2.14 bits per heavy atom. The lowest BCUT2D eigenvalue weighted by Crippen LogP contribution is -2.48. The molecule has 0 aliphatic carbocycles.